The Morgan fingerprint density at radius 2 is 0.630 bits per heavy atom. The number of benzene rings is 6. The summed E-state index contributed by atoms with van der Waals surface area (Å²) in [6.07, 6.45) is 0. The molecule has 0 atom stereocenters. The quantitative estimate of drug-likeness (QED) is 0.107. The van der Waals surface area contributed by atoms with E-state index in [2.05, 4.69) is 176 Å². The molecule has 0 radical (unpaired) electrons. The number of rotatable bonds is 9. The van der Waals surface area contributed by atoms with Crippen LogP contribution < -0.4 is 41.3 Å². The molecule has 46 heavy (non-hydrogen) atoms. The van der Waals surface area contributed by atoms with Gasteiger partial charge in [-0.3, -0.25) is 0 Å². The molecule has 6 rings (SSSR count). The van der Waals surface area contributed by atoms with Crippen molar-refractivity contribution in [3.63, 3.8) is 0 Å². The van der Waals surface area contributed by atoms with Crippen molar-refractivity contribution in [3.05, 3.63) is 158 Å². The molecule has 0 aliphatic rings. The Labute approximate surface area is 307 Å². The van der Waals surface area contributed by atoms with E-state index >= 15 is 0 Å². The average Bonchev–Trinajstić information content (AvgIpc) is 3.15. The molecule has 6 aromatic carbocycles. The standard InChI is InChI=1S/C38H32O2P2.2Au.2ClH/c1-39-33-25-15-27-35(41(29-17-7-3-8-18-29)30-19-9-4-10-20-30)37(33)38-34(40-2)26-16-28-36(38)42(31-21-11-5-12-22-31)32-23-13-6-14-24-32;;;;/h3-28H,1-2H3;;;2*1H/q;2*+1;;/p-2. The minimum atomic E-state index is -0.898. The van der Waals surface area contributed by atoms with Crippen molar-refractivity contribution >= 4 is 66.0 Å². The first-order chi connectivity index (χ1) is 22.8. The van der Waals surface area contributed by atoms with E-state index in [-0.39, 0.29) is 0 Å². The van der Waals surface area contributed by atoms with Gasteiger partial charge in [0.2, 0.25) is 0 Å². The molecule has 0 saturated carbocycles. The maximum atomic E-state index is 6.17. The van der Waals surface area contributed by atoms with Gasteiger partial charge in [0.15, 0.2) is 0 Å². The molecule has 0 aromatic heterocycles. The van der Waals surface area contributed by atoms with Crippen LogP contribution in [0.25, 0.3) is 11.1 Å². The fourth-order valence-corrected chi connectivity index (χ4v) is 10.4. The average molecular weight is 1050 g/mol. The van der Waals surface area contributed by atoms with E-state index in [1.54, 1.807) is 54.2 Å². The summed E-state index contributed by atoms with van der Waals surface area (Å²) in [5, 5.41) is 7.64. The van der Waals surface area contributed by atoms with Crippen LogP contribution in [0.15, 0.2) is 158 Å². The number of methoxy groups -OCH3 is 2. The van der Waals surface area contributed by atoms with Crippen LogP contribution in [0.3, 0.4) is 0 Å². The first-order valence-corrected chi connectivity index (χ1v) is 22.2. The Kier molecular flexibility index (Phi) is 15.6. The summed E-state index contributed by atoms with van der Waals surface area (Å²) < 4.78 is 12.3. The van der Waals surface area contributed by atoms with E-state index in [1.165, 1.54) is 31.8 Å². The van der Waals surface area contributed by atoms with Crippen molar-refractivity contribution in [3.8, 4) is 22.6 Å². The predicted octanol–water partition coefficient (Wildman–Crippen LogP) is 8.26. The first-order valence-electron chi connectivity index (χ1n) is 14.2. The second-order valence-electron chi connectivity index (χ2n) is 9.72. The molecule has 0 bridgehead atoms. The number of hydrogen-bond acceptors (Lipinski definition) is 2. The third kappa shape index (κ3) is 8.65. The molecule has 0 heterocycles. The molecule has 0 N–H and O–H groups in total. The van der Waals surface area contributed by atoms with Gasteiger partial charge in [-0.1, -0.05) is 146 Å². The molecule has 0 fully saturated rings. The Balaban J connectivity index is 0.00000116. The minimum absolute atomic E-state index is 0.841. The normalized spacial score (nSPS) is 10.4. The van der Waals surface area contributed by atoms with Crippen molar-refractivity contribution in [2.24, 2.45) is 0 Å². The topological polar surface area (TPSA) is 18.5 Å². The van der Waals surface area contributed by atoms with Gasteiger partial charge >= 0.3 is 58.4 Å². The third-order valence-corrected chi connectivity index (χ3v) is 12.2. The molecule has 0 unspecified atom stereocenters. The predicted molar refractivity (Wildman–Crippen MR) is 194 cm³/mol. The molecule has 242 valence electrons. The van der Waals surface area contributed by atoms with Crippen LogP contribution >= 0.6 is 34.2 Å². The SMILES string of the molecule is COc1cccc(P(c2ccccc2)c2ccccc2)c1-c1c(OC)cccc1P(c1ccccc1)c1ccccc1.[Cl][Au].[Cl][Au]. The first kappa shape index (κ1) is 36.7. The molecule has 6 aromatic rings. The zero-order valence-electron chi connectivity index (χ0n) is 25.1. The summed E-state index contributed by atoms with van der Waals surface area (Å²) in [5.41, 5.74) is 2.18. The molecule has 0 spiro atoms. The zero-order valence-corrected chi connectivity index (χ0v) is 32.7. The van der Waals surface area contributed by atoms with Crippen molar-refractivity contribution in [1.82, 2.24) is 0 Å². The summed E-state index contributed by atoms with van der Waals surface area (Å²) >= 11 is 3.50. The van der Waals surface area contributed by atoms with Crippen LogP contribution in [-0.4, -0.2) is 14.2 Å². The van der Waals surface area contributed by atoms with Crippen LogP contribution in [0, 0.1) is 0 Å². The molecular formula is C38H32Au2Cl2O2P2. The van der Waals surface area contributed by atoms with E-state index in [9.17, 15) is 0 Å². The Morgan fingerprint density at radius 3 is 0.870 bits per heavy atom. The number of hydrogen-bond donors (Lipinski definition) is 0. The van der Waals surface area contributed by atoms with Crippen LogP contribution in [-0.2, 0) is 40.0 Å². The van der Waals surface area contributed by atoms with Crippen molar-refractivity contribution in [2.45, 2.75) is 0 Å². The van der Waals surface area contributed by atoms with Gasteiger partial charge in [0.05, 0.1) is 14.2 Å². The Morgan fingerprint density at radius 1 is 0.370 bits per heavy atom. The van der Waals surface area contributed by atoms with E-state index in [0.717, 1.165) is 22.6 Å². The van der Waals surface area contributed by atoms with Gasteiger partial charge in [-0.05, 0) is 59.8 Å². The van der Waals surface area contributed by atoms with E-state index < -0.39 is 15.8 Å². The summed E-state index contributed by atoms with van der Waals surface area (Å²) in [7, 11) is 10.9. The molecule has 0 aliphatic carbocycles. The fraction of sp³-hybridized carbons (Fsp3) is 0.0526. The summed E-state index contributed by atoms with van der Waals surface area (Å²) in [6, 6.07) is 56.2. The fourth-order valence-electron chi connectivity index (χ4n) is 5.42. The van der Waals surface area contributed by atoms with Gasteiger partial charge in [0, 0.05) is 11.1 Å². The molecule has 0 saturated heterocycles. The molecule has 0 aliphatic heterocycles. The second kappa shape index (κ2) is 19.6. The number of ether oxygens (including phenoxy) is 2. The van der Waals surface area contributed by atoms with E-state index in [4.69, 9.17) is 9.47 Å². The van der Waals surface area contributed by atoms with Gasteiger partial charge in [0.1, 0.15) is 11.5 Å². The van der Waals surface area contributed by atoms with Crippen LogP contribution in [0.4, 0.5) is 0 Å². The second-order valence-corrected chi connectivity index (χ2v) is 14.1. The Hall–Kier alpha value is -2.16. The Bertz CT molecular complexity index is 1550. The van der Waals surface area contributed by atoms with Crippen molar-refractivity contribution < 1.29 is 49.4 Å². The van der Waals surface area contributed by atoms with Gasteiger partial charge in [-0.25, -0.2) is 0 Å². The summed E-state index contributed by atoms with van der Waals surface area (Å²) in [5.74, 6) is 1.68. The molecule has 2 nitrogen and oxygen atoms in total. The maximum absolute atomic E-state index is 6.17. The summed E-state index contributed by atoms with van der Waals surface area (Å²) in [6.45, 7) is 0. The van der Waals surface area contributed by atoms with Gasteiger partial charge < -0.3 is 9.47 Å². The number of halogens is 2. The van der Waals surface area contributed by atoms with Gasteiger partial charge in [0.25, 0.3) is 0 Å². The summed E-state index contributed by atoms with van der Waals surface area (Å²) in [4.78, 5) is 0. The zero-order chi connectivity index (χ0) is 32.7. The van der Waals surface area contributed by atoms with E-state index in [0.29, 0.717) is 0 Å². The van der Waals surface area contributed by atoms with Gasteiger partial charge in [-0.15, -0.1) is 0 Å². The van der Waals surface area contributed by atoms with Crippen molar-refractivity contribution in [2.75, 3.05) is 14.2 Å². The third-order valence-electron chi connectivity index (χ3n) is 7.24. The molecular weight excluding hydrogens is 1020 g/mol. The van der Waals surface area contributed by atoms with Crippen LogP contribution in [0.2, 0.25) is 0 Å². The van der Waals surface area contributed by atoms with Crippen LogP contribution in [0.5, 0.6) is 11.5 Å². The van der Waals surface area contributed by atoms with Crippen molar-refractivity contribution in [1.29, 1.82) is 0 Å². The van der Waals surface area contributed by atoms with E-state index in [1.807, 2.05) is 0 Å². The molecule has 8 heteroatoms. The molecule has 0 amide bonds. The van der Waals surface area contributed by atoms with Gasteiger partial charge in [-0.2, -0.15) is 0 Å². The van der Waals surface area contributed by atoms with Crippen LogP contribution in [0.1, 0.15) is 0 Å². The monoisotopic (exact) mass is 1050 g/mol.